The molecule has 2 amide bonds. The van der Waals surface area contributed by atoms with E-state index >= 15 is 0 Å². The van der Waals surface area contributed by atoms with E-state index in [-0.39, 0.29) is 11.8 Å². The number of anilines is 1. The summed E-state index contributed by atoms with van der Waals surface area (Å²) in [5.41, 5.74) is 2.85. The molecule has 0 spiro atoms. The van der Waals surface area contributed by atoms with E-state index in [0.717, 1.165) is 17.5 Å². The Morgan fingerprint density at radius 2 is 1.60 bits per heavy atom. The summed E-state index contributed by atoms with van der Waals surface area (Å²) in [6.07, 6.45) is 0.683. The van der Waals surface area contributed by atoms with Crippen LogP contribution in [0.3, 0.4) is 0 Å². The first-order valence-electron chi connectivity index (χ1n) is 11.6. The SMILES string of the molecule is CCc1ccccc1O[C@@H](C)C(=O)Nc1ccccc1C(=O)NCCc1ccc(OC)c(OC)c1. The first kappa shape index (κ1) is 25.6. The van der Waals surface area contributed by atoms with E-state index in [0.29, 0.717) is 41.5 Å². The van der Waals surface area contributed by atoms with Gasteiger partial charge in [-0.2, -0.15) is 0 Å². The predicted molar refractivity (Wildman–Crippen MR) is 137 cm³/mol. The number of benzene rings is 3. The van der Waals surface area contributed by atoms with Crippen molar-refractivity contribution in [3.05, 3.63) is 83.4 Å². The van der Waals surface area contributed by atoms with Gasteiger partial charge in [0.15, 0.2) is 17.6 Å². The monoisotopic (exact) mass is 476 g/mol. The maximum Gasteiger partial charge on any atom is 0.265 e. The molecule has 3 aromatic rings. The van der Waals surface area contributed by atoms with Crippen LogP contribution in [0.5, 0.6) is 17.2 Å². The van der Waals surface area contributed by atoms with Crippen molar-refractivity contribution in [2.75, 3.05) is 26.1 Å². The van der Waals surface area contributed by atoms with E-state index in [4.69, 9.17) is 14.2 Å². The summed E-state index contributed by atoms with van der Waals surface area (Å²) in [7, 11) is 3.17. The number of carbonyl (C=O) groups is 2. The normalized spacial score (nSPS) is 11.3. The number of nitrogens with one attached hydrogen (secondary N) is 2. The van der Waals surface area contributed by atoms with E-state index < -0.39 is 6.10 Å². The Morgan fingerprint density at radius 3 is 2.34 bits per heavy atom. The molecule has 7 heteroatoms. The van der Waals surface area contributed by atoms with Crippen LogP contribution < -0.4 is 24.8 Å². The fraction of sp³-hybridized carbons (Fsp3) is 0.286. The lowest BCUT2D eigenvalue weighted by molar-refractivity contribution is -0.122. The molecule has 0 saturated carbocycles. The minimum Gasteiger partial charge on any atom is -0.493 e. The first-order valence-corrected chi connectivity index (χ1v) is 11.6. The summed E-state index contributed by atoms with van der Waals surface area (Å²) < 4.78 is 16.5. The van der Waals surface area contributed by atoms with Gasteiger partial charge in [-0.15, -0.1) is 0 Å². The standard InChI is InChI=1S/C28H32N2O5/c1-5-21-10-6-9-13-24(21)35-19(2)27(31)30-23-12-8-7-11-22(23)28(32)29-17-16-20-14-15-25(33-3)26(18-20)34-4/h6-15,18-19H,5,16-17H2,1-4H3,(H,29,32)(H,30,31)/t19-/m0/s1. The lowest BCUT2D eigenvalue weighted by Gasteiger charge is -2.18. The van der Waals surface area contributed by atoms with E-state index in [1.807, 2.05) is 49.4 Å². The Morgan fingerprint density at radius 1 is 0.886 bits per heavy atom. The second kappa shape index (κ2) is 12.5. The summed E-state index contributed by atoms with van der Waals surface area (Å²) in [6.45, 7) is 4.14. The molecule has 0 unspecified atom stereocenters. The molecule has 0 aliphatic heterocycles. The predicted octanol–water partition coefficient (Wildman–Crippen LogP) is 4.64. The molecule has 3 rings (SSSR count). The Hall–Kier alpha value is -4.00. The van der Waals surface area contributed by atoms with Gasteiger partial charge in [0, 0.05) is 6.54 Å². The molecule has 0 aliphatic rings. The summed E-state index contributed by atoms with van der Waals surface area (Å²) in [5, 5.41) is 5.75. The van der Waals surface area contributed by atoms with Gasteiger partial charge in [-0.05, 0) is 61.2 Å². The van der Waals surface area contributed by atoms with E-state index in [1.165, 1.54) is 0 Å². The third-order valence-corrected chi connectivity index (χ3v) is 5.60. The van der Waals surface area contributed by atoms with Crippen LogP contribution in [0.4, 0.5) is 5.69 Å². The number of carbonyl (C=O) groups excluding carboxylic acids is 2. The van der Waals surface area contributed by atoms with Gasteiger partial charge in [0.25, 0.3) is 11.8 Å². The Bertz CT molecular complexity index is 1160. The van der Waals surface area contributed by atoms with E-state index in [9.17, 15) is 9.59 Å². The smallest absolute Gasteiger partial charge is 0.265 e. The molecule has 7 nitrogen and oxygen atoms in total. The number of hydrogen-bond acceptors (Lipinski definition) is 5. The maximum absolute atomic E-state index is 12.9. The molecule has 1 atom stereocenters. The molecule has 0 bridgehead atoms. The third-order valence-electron chi connectivity index (χ3n) is 5.60. The van der Waals surface area contributed by atoms with Gasteiger partial charge in [-0.1, -0.05) is 43.3 Å². The van der Waals surface area contributed by atoms with Crippen molar-refractivity contribution < 1.29 is 23.8 Å². The number of para-hydroxylation sites is 2. The largest absolute Gasteiger partial charge is 0.493 e. The minimum atomic E-state index is -0.733. The highest BCUT2D eigenvalue weighted by Gasteiger charge is 2.19. The van der Waals surface area contributed by atoms with Crippen LogP contribution in [0.15, 0.2) is 66.7 Å². The third kappa shape index (κ3) is 6.76. The van der Waals surface area contributed by atoms with Gasteiger partial charge in [0.2, 0.25) is 0 Å². The Kier molecular flexibility index (Phi) is 9.12. The molecule has 0 aromatic heterocycles. The molecule has 0 radical (unpaired) electrons. The molecular formula is C28H32N2O5. The van der Waals surface area contributed by atoms with Gasteiger partial charge < -0.3 is 24.8 Å². The zero-order valence-corrected chi connectivity index (χ0v) is 20.6. The van der Waals surface area contributed by atoms with Gasteiger partial charge >= 0.3 is 0 Å². The van der Waals surface area contributed by atoms with Gasteiger partial charge in [0.1, 0.15) is 5.75 Å². The zero-order chi connectivity index (χ0) is 25.2. The average molecular weight is 477 g/mol. The topological polar surface area (TPSA) is 85.9 Å². The van der Waals surface area contributed by atoms with Crippen molar-refractivity contribution >= 4 is 17.5 Å². The second-order valence-corrected chi connectivity index (χ2v) is 7.95. The fourth-order valence-electron chi connectivity index (χ4n) is 3.63. The fourth-order valence-corrected chi connectivity index (χ4v) is 3.63. The van der Waals surface area contributed by atoms with Crippen molar-refractivity contribution in [1.82, 2.24) is 5.32 Å². The lowest BCUT2D eigenvalue weighted by Crippen LogP contribution is -2.32. The average Bonchev–Trinajstić information content (AvgIpc) is 2.89. The van der Waals surface area contributed by atoms with Gasteiger partial charge in [0.05, 0.1) is 25.5 Å². The van der Waals surface area contributed by atoms with E-state index in [1.54, 1.807) is 45.4 Å². The van der Waals surface area contributed by atoms with Crippen molar-refractivity contribution in [2.45, 2.75) is 32.8 Å². The van der Waals surface area contributed by atoms with E-state index in [2.05, 4.69) is 10.6 Å². The van der Waals surface area contributed by atoms with Crippen LogP contribution in [-0.2, 0) is 17.6 Å². The van der Waals surface area contributed by atoms with Gasteiger partial charge in [-0.3, -0.25) is 9.59 Å². The lowest BCUT2D eigenvalue weighted by atomic mass is 10.1. The molecular weight excluding hydrogens is 444 g/mol. The minimum absolute atomic E-state index is 0.272. The summed E-state index contributed by atoms with van der Waals surface area (Å²) in [5.74, 6) is 1.37. The number of hydrogen-bond donors (Lipinski definition) is 2. The Labute approximate surface area is 206 Å². The Balaban J connectivity index is 1.60. The molecule has 35 heavy (non-hydrogen) atoms. The highest BCUT2D eigenvalue weighted by Crippen LogP contribution is 2.27. The number of ether oxygens (including phenoxy) is 3. The van der Waals surface area contributed by atoms with Crippen LogP contribution >= 0.6 is 0 Å². The second-order valence-electron chi connectivity index (χ2n) is 7.95. The van der Waals surface area contributed by atoms with Crippen LogP contribution in [-0.4, -0.2) is 38.7 Å². The van der Waals surface area contributed by atoms with Crippen LogP contribution in [0.25, 0.3) is 0 Å². The molecule has 0 saturated heterocycles. The van der Waals surface area contributed by atoms with Crippen molar-refractivity contribution in [1.29, 1.82) is 0 Å². The molecule has 3 aromatic carbocycles. The van der Waals surface area contributed by atoms with Crippen LogP contribution in [0.1, 0.15) is 35.3 Å². The zero-order valence-electron chi connectivity index (χ0n) is 20.6. The van der Waals surface area contributed by atoms with Crippen LogP contribution in [0.2, 0.25) is 0 Å². The summed E-state index contributed by atoms with van der Waals surface area (Å²) in [6, 6.07) is 20.2. The summed E-state index contributed by atoms with van der Waals surface area (Å²) >= 11 is 0. The highest BCUT2D eigenvalue weighted by molar-refractivity contribution is 6.04. The quantitative estimate of drug-likeness (QED) is 0.421. The number of amides is 2. The van der Waals surface area contributed by atoms with Crippen molar-refractivity contribution in [3.63, 3.8) is 0 Å². The molecule has 0 heterocycles. The number of rotatable bonds is 11. The highest BCUT2D eigenvalue weighted by atomic mass is 16.5. The maximum atomic E-state index is 12.9. The first-order chi connectivity index (χ1) is 17.0. The molecule has 2 N–H and O–H groups in total. The number of methoxy groups -OCH3 is 2. The van der Waals surface area contributed by atoms with Crippen molar-refractivity contribution in [3.8, 4) is 17.2 Å². The van der Waals surface area contributed by atoms with Crippen molar-refractivity contribution in [2.24, 2.45) is 0 Å². The molecule has 0 aliphatic carbocycles. The summed E-state index contributed by atoms with van der Waals surface area (Å²) in [4.78, 5) is 25.7. The molecule has 184 valence electrons. The van der Waals surface area contributed by atoms with Crippen LogP contribution in [0, 0.1) is 0 Å². The molecule has 0 fully saturated rings. The van der Waals surface area contributed by atoms with Gasteiger partial charge in [-0.25, -0.2) is 0 Å². The number of aryl methyl sites for hydroxylation is 1.